The summed E-state index contributed by atoms with van der Waals surface area (Å²) in [6.45, 7) is 5.19. The van der Waals surface area contributed by atoms with Crippen molar-refractivity contribution in [2.24, 2.45) is 10.7 Å². The number of aryl methyl sites for hydroxylation is 1. The van der Waals surface area contributed by atoms with Crippen LogP contribution in [0.3, 0.4) is 0 Å². The zero-order valence-electron chi connectivity index (χ0n) is 18.8. The van der Waals surface area contributed by atoms with Crippen LogP contribution in [-0.4, -0.2) is 39.2 Å². The first kappa shape index (κ1) is 21.9. The topological polar surface area (TPSA) is 111 Å². The van der Waals surface area contributed by atoms with Crippen LogP contribution >= 0.6 is 0 Å². The second-order valence-electron chi connectivity index (χ2n) is 9.43. The Balaban J connectivity index is 1.61. The van der Waals surface area contributed by atoms with Crippen molar-refractivity contribution >= 4 is 26.7 Å². The third-order valence-electron chi connectivity index (χ3n) is 7.25. The fourth-order valence-electron chi connectivity index (χ4n) is 5.25. The highest BCUT2D eigenvalue weighted by Crippen LogP contribution is 2.49. The highest BCUT2D eigenvalue weighted by molar-refractivity contribution is 7.94. The monoisotopic (exact) mass is 467 g/mol. The fraction of sp³-hybridized carbons (Fsp3) is 0.417. The van der Waals surface area contributed by atoms with E-state index in [1.165, 1.54) is 6.07 Å². The lowest BCUT2D eigenvalue weighted by Gasteiger charge is -2.48. The second kappa shape index (κ2) is 7.28. The summed E-state index contributed by atoms with van der Waals surface area (Å²) in [5.74, 6) is -0.435. The number of rotatable bonds is 3. The molecule has 5 rings (SSSR count). The largest absolute Gasteiger partial charge is 0.386 e. The van der Waals surface area contributed by atoms with Crippen LogP contribution in [0.15, 0.2) is 41.7 Å². The maximum atomic E-state index is 15.2. The molecule has 1 saturated heterocycles. The molecule has 1 fully saturated rings. The Bertz CT molecular complexity index is 1420. The van der Waals surface area contributed by atoms with Gasteiger partial charge in [0, 0.05) is 24.4 Å². The van der Waals surface area contributed by atoms with E-state index < -0.39 is 31.2 Å². The minimum absolute atomic E-state index is 0.0621. The summed E-state index contributed by atoms with van der Waals surface area (Å²) in [5.41, 5.74) is 8.89. The summed E-state index contributed by atoms with van der Waals surface area (Å²) in [4.78, 5) is 18.1. The SMILES string of the molecule is Cc1cnc2c(Cc3ccc(F)c([C@@]4(C)N=C(N)[C@]5(C)CCC[C@H]4S5(=O)=O)c3)nccc2n1. The molecule has 3 aromatic rings. The molecule has 9 heteroatoms. The quantitative estimate of drug-likeness (QED) is 0.632. The summed E-state index contributed by atoms with van der Waals surface area (Å²) in [7, 11) is -3.64. The highest BCUT2D eigenvalue weighted by atomic mass is 32.2. The van der Waals surface area contributed by atoms with Crippen LogP contribution in [0.2, 0.25) is 0 Å². The normalized spacial score (nSPS) is 28.5. The van der Waals surface area contributed by atoms with Gasteiger partial charge in [-0.2, -0.15) is 0 Å². The van der Waals surface area contributed by atoms with Crippen molar-refractivity contribution in [3.63, 3.8) is 0 Å². The van der Waals surface area contributed by atoms with Crippen molar-refractivity contribution in [2.75, 3.05) is 0 Å². The van der Waals surface area contributed by atoms with Crippen molar-refractivity contribution in [2.45, 2.75) is 62.0 Å². The van der Waals surface area contributed by atoms with E-state index in [9.17, 15) is 8.42 Å². The van der Waals surface area contributed by atoms with E-state index in [0.29, 0.717) is 36.9 Å². The molecule has 4 heterocycles. The smallest absolute Gasteiger partial charge is 0.168 e. The van der Waals surface area contributed by atoms with Gasteiger partial charge in [-0.05, 0) is 51.3 Å². The van der Waals surface area contributed by atoms with Crippen molar-refractivity contribution in [1.29, 1.82) is 0 Å². The summed E-state index contributed by atoms with van der Waals surface area (Å²) in [5, 5.41) is -0.828. The molecule has 2 aliphatic heterocycles. The first-order valence-corrected chi connectivity index (χ1v) is 12.6. The molecule has 0 amide bonds. The number of halogens is 1. The molecular formula is C24H26FN5O2S. The zero-order valence-corrected chi connectivity index (χ0v) is 19.7. The Hall–Kier alpha value is -2.94. The van der Waals surface area contributed by atoms with Crippen LogP contribution < -0.4 is 5.73 Å². The van der Waals surface area contributed by atoms with E-state index in [0.717, 1.165) is 16.8 Å². The Labute approximate surface area is 192 Å². The van der Waals surface area contributed by atoms with Gasteiger partial charge >= 0.3 is 0 Å². The molecular weight excluding hydrogens is 441 g/mol. The lowest BCUT2D eigenvalue weighted by atomic mass is 9.82. The van der Waals surface area contributed by atoms with Gasteiger partial charge in [0.15, 0.2) is 9.84 Å². The van der Waals surface area contributed by atoms with Gasteiger partial charge in [0.2, 0.25) is 0 Å². The Kier molecular flexibility index (Phi) is 4.83. The second-order valence-corrected chi connectivity index (χ2v) is 12.0. The highest BCUT2D eigenvalue weighted by Gasteiger charge is 2.60. The number of hydrogen-bond donors (Lipinski definition) is 1. The number of nitrogens with two attached hydrogens (primary N) is 1. The number of sulfone groups is 1. The van der Waals surface area contributed by atoms with Crippen LogP contribution in [0.25, 0.3) is 11.0 Å². The molecule has 2 aromatic heterocycles. The molecule has 0 spiro atoms. The minimum Gasteiger partial charge on any atom is -0.386 e. The predicted molar refractivity (Wildman–Crippen MR) is 125 cm³/mol. The van der Waals surface area contributed by atoms with Crippen molar-refractivity contribution in [3.8, 4) is 0 Å². The average Bonchev–Trinajstić information content (AvgIpc) is 2.75. The molecule has 2 N–H and O–H groups in total. The number of amidine groups is 1. The lowest BCUT2D eigenvalue weighted by Crippen LogP contribution is -2.63. The average molecular weight is 468 g/mol. The van der Waals surface area contributed by atoms with E-state index >= 15 is 4.39 Å². The lowest BCUT2D eigenvalue weighted by molar-refractivity contribution is 0.355. The molecule has 33 heavy (non-hydrogen) atoms. The van der Waals surface area contributed by atoms with Gasteiger partial charge in [-0.1, -0.05) is 18.6 Å². The van der Waals surface area contributed by atoms with Gasteiger partial charge in [-0.3, -0.25) is 15.0 Å². The molecule has 1 aromatic carbocycles. The molecule has 7 nitrogen and oxygen atoms in total. The van der Waals surface area contributed by atoms with Crippen LogP contribution in [0.1, 0.15) is 55.6 Å². The molecule has 0 saturated carbocycles. The van der Waals surface area contributed by atoms with Crippen LogP contribution in [0, 0.1) is 12.7 Å². The number of pyridine rings is 1. The first-order valence-electron chi connectivity index (χ1n) is 11.0. The number of aliphatic imine (C=N–C) groups is 1. The number of hydrogen-bond acceptors (Lipinski definition) is 7. The summed E-state index contributed by atoms with van der Waals surface area (Å²) >= 11 is 0. The Morgan fingerprint density at radius 1 is 1.21 bits per heavy atom. The third-order valence-corrected chi connectivity index (χ3v) is 10.4. The molecule has 2 aliphatic rings. The van der Waals surface area contributed by atoms with Crippen molar-refractivity contribution < 1.29 is 12.8 Å². The van der Waals surface area contributed by atoms with E-state index in [1.807, 2.05) is 6.92 Å². The van der Waals surface area contributed by atoms with Crippen LogP contribution in [-0.2, 0) is 21.8 Å². The summed E-state index contributed by atoms with van der Waals surface area (Å²) < 4.78 is 40.9. The maximum Gasteiger partial charge on any atom is 0.168 e. The standard InChI is InChI=1S/C24H26FN5O2S/c1-14-13-28-21-18(29-14)8-10-27-19(21)12-15-6-7-17(25)16(11-15)24(3)20-5-4-9-23(2,22(26)30-24)33(20,31)32/h6-8,10-11,13,20H,4-5,9,12H2,1-3H3,(H2,26,30)/t20-,23+,24-/m1/s1. The van der Waals surface area contributed by atoms with Gasteiger partial charge in [-0.25, -0.2) is 17.8 Å². The fourth-order valence-corrected chi connectivity index (χ4v) is 7.91. The van der Waals surface area contributed by atoms with Crippen molar-refractivity contribution in [1.82, 2.24) is 15.0 Å². The van der Waals surface area contributed by atoms with Gasteiger partial charge in [-0.15, -0.1) is 0 Å². The molecule has 0 aliphatic carbocycles. The van der Waals surface area contributed by atoms with E-state index in [2.05, 4.69) is 19.9 Å². The molecule has 0 radical (unpaired) electrons. The van der Waals surface area contributed by atoms with Gasteiger partial charge in [0.1, 0.15) is 27.5 Å². The van der Waals surface area contributed by atoms with Crippen molar-refractivity contribution in [3.05, 3.63) is 65.0 Å². The predicted octanol–water partition coefficient (Wildman–Crippen LogP) is 3.38. The molecule has 0 unspecified atom stereocenters. The zero-order chi connectivity index (χ0) is 23.6. The molecule has 172 valence electrons. The number of benzene rings is 1. The maximum absolute atomic E-state index is 15.2. The number of fused-ring (bicyclic) bond motifs is 3. The third kappa shape index (κ3) is 3.16. The Morgan fingerprint density at radius 3 is 2.79 bits per heavy atom. The first-order chi connectivity index (χ1) is 15.6. The molecule has 2 bridgehead atoms. The number of aromatic nitrogens is 3. The minimum atomic E-state index is -3.64. The van der Waals surface area contributed by atoms with E-state index in [4.69, 9.17) is 5.73 Å². The van der Waals surface area contributed by atoms with Crippen LogP contribution in [0.5, 0.6) is 0 Å². The van der Waals surface area contributed by atoms with Gasteiger partial charge in [0.05, 0.1) is 22.2 Å². The Morgan fingerprint density at radius 2 is 2.00 bits per heavy atom. The van der Waals surface area contributed by atoms with E-state index in [1.54, 1.807) is 44.4 Å². The van der Waals surface area contributed by atoms with Gasteiger partial charge in [0.25, 0.3) is 0 Å². The summed E-state index contributed by atoms with van der Waals surface area (Å²) in [6, 6.07) is 6.55. The molecule has 3 atom stereocenters. The summed E-state index contributed by atoms with van der Waals surface area (Å²) in [6.07, 6.45) is 5.33. The van der Waals surface area contributed by atoms with Gasteiger partial charge < -0.3 is 5.73 Å². The number of nitrogens with zero attached hydrogens (tertiary/aromatic N) is 4. The van der Waals surface area contributed by atoms with Crippen LogP contribution in [0.4, 0.5) is 4.39 Å². The van der Waals surface area contributed by atoms with E-state index in [-0.39, 0.29) is 11.4 Å².